The molecule has 132 valence electrons. The van der Waals surface area contributed by atoms with Crippen LogP contribution in [0.2, 0.25) is 5.02 Å². The van der Waals surface area contributed by atoms with Crippen molar-refractivity contribution in [3.63, 3.8) is 0 Å². The first-order valence-corrected chi connectivity index (χ1v) is 10.1. The minimum absolute atomic E-state index is 0.0552. The molecule has 0 amide bonds. The van der Waals surface area contributed by atoms with Crippen molar-refractivity contribution in [3.8, 4) is 0 Å². The van der Waals surface area contributed by atoms with Crippen LogP contribution in [0, 0.1) is 20.8 Å². The summed E-state index contributed by atoms with van der Waals surface area (Å²) in [7, 11) is -3.79. The second-order valence-corrected chi connectivity index (χ2v) is 8.73. The Kier molecular flexibility index (Phi) is 4.86. The predicted molar refractivity (Wildman–Crippen MR) is 97.9 cm³/mol. The van der Waals surface area contributed by atoms with E-state index >= 15 is 0 Å². The van der Waals surface area contributed by atoms with Gasteiger partial charge in [0.05, 0.1) is 5.69 Å². The zero-order valence-electron chi connectivity index (χ0n) is 13.8. The molecule has 2 heterocycles. The van der Waals surface area contributed by atoms with Crippen molar-refractivity contribution in [3.05, 3.63) is 56.9 Å². The third-order valence-corrected chi connectivity index (χ3v) is 6.67. The lowest BCUT2D eigenvalue weighted by Crippen LogP contribution is -2.14. The van der Waals surface area contributed by atoms with Gasteiger partial charge in [0, 0.05) is 16.3 Å². The van der Waals surface area contributed by atoms with Gasteiger partial charge in [0.1, 0.15) is 5.69 Å². The predicted octanol–water partition coefficient (Wildman–Crippen LogP) is 4.10. The van der Waals surface area contributed by atoms with Gasteiger partial charge in [0.15, 0.2) is 15.8 Å². The molecule has 1 N–H and O–H groups in total. The first-order valence-electron chi connectivity index (χ1n) is 7.42. The monoisotopic (exact) mass is 397 g/mol. The summed E-state index contributed by atoms with van der Waals surface area (Å²) >= 11 is 7.21. The Labute approximate surface area is 154 Å². The van der Waals surface area contributed by atoms with Crippen molar-refractivity contribution in [2.75, 3.05) is 4.72 Å². The number of nitrogens with zero attached hydrogens (tertiary/aromatic N) is 2. The van der Waals surface area contributed by atoms with Gasteiger partial charge in [-0.2, -0.15) is 0 Å². The molecule has 0 saturated heterocycles. The van der Waals surface area contributed by atoms with Crippen LogP contribution in [-0.4, -0.2) is 18.6 Å². The lowest BCUT2D eigenvalue weighted by molar-refractivity contribution is 0.390. The number of anilines is 1. The van der Waals surface area contributed by atoms with E-state index < -0.39 is 10.0 Å². The fourth-order valence-corrected chi connectivity index (χ4v) is 5.14. The SMILES string of the molecule is Cc1nc(NS(=O)(=O)c2c(C)noc2C)sc1Cc1ccc(Cl)cc1. The smallest absolute Gasteiger partial charge is 0.269 e. The maximum absolute atomic E-state index is 12.6. The fourth-order valence-electron chi connectivity index (χ4n) is 2.45. The summed E-state index contributed by atoms with van der Waals surface area (Å²) in [6.07, 6.45) is 0.660. The number of aryl methyl sites for hydroxylation is 3. The summed E-state index contributed by atoms with van der Waals surface area (Å²) < 4.78 is 32.6. The molecule has 0 saturated carbocycles. The van der Waals surface area contributed by atoms with Crippen LogP contribution >= 0.6 is 22.9 Å². The van der Waals surface area contributed by atoms with E-state index in [9.17, 15) is 8.42 Å². The molecule has 3 aromatic rings. The summed E-state index contributed by atoms with van der Waals surface area (Å²) in [5.74, 6) is 0.250. The van der Waals surface area contributed by atoms with E-state index in [1.54, 1.807) is 13.8 Å². The summed E-state index contributed by atoms with van der Waals surface area (Å²) in [5, 5.41) is 4.69. The van der Waals surface area contributed by atoms with Crippen LogP contribution in [0.1, 0.15) is 27.6 Å². The van der Waals surface area contributed by atoms with Crippen molar-refractivity contribution in [2.45, 2.75) is 32.1 Å². The van der Waals surface area contributed by atoms with Crippen LogP contribution in [0.4, 0.5) is 5.13 Å². The average Bonchev–Trinajstić information content (AvgIpc) is 3.04. The number of aromatic nitrogens is 2. The van der Waals surface area contributed by atoms with E-state index in [0.717, 1.165) is 16.1 Å². The second kappa shape index (κ2) is 6.78. The Balaban J connectivity index is 1.84. The van der Waals surface area contributed by atoms with Crippen LogP contribution in [0.5, 0.6) is 0 Å². The van der Waals surface area contributed by atoms with Gasteiger partial charge in [-0.25, -0.2) is 13.4 Å². The van der Waals surface area contributed by atoms with Gasteiger partial charge in [-0.05, 0) is 38.5 Å². The Morgan fingerprint density at radius 2 is 1.84 bits per heavy atom. The van der Waals surface area contributed by atoms with Gasteiger partial charge in [0.25, 0.3) is 10.0 Å². The molecule has 3 rings (SSSR count). The van der Waals surface area contributed by atoms with Crippen LogP contribution in [0.25, 0.3) is 0 Å². The number of halogens is 1. The Morgan fingerprint density at radius 3 is 2.44 bits per heavy atom. The number of hydrogen-bond donors (Lipinski definition) is 1. The quantitative estimate of drug-likeness (QED) is 0.700. The Morgan fingerprint density at radius 1 is 1.16 bits per heavy atom. The summed E-state index contributed by atoms with van der Waals surface area (Å²) in [6, 6.07) is 7.53. The van der Waals surface area contributed by atoms with Gasteiger partial charge < -0.3 is 4.52 Å². The summed E-state index contributed by atoms with van der Waals surface area (Å²) in [4.78, 5) is 5.37. The zero-order chi connectivity index (χ0) is 18.2. The molecule has 0 atom stereocenters. The molecular formula is C16H16ClN3O3S2. The number of benzene rings is 1. The standard InChI is InChI=1S/C16H16ClN3O3S2/c1-9-14(8-12-4-6-13(17)7-5-12)24-16(18-9)20-25(21,22)15-10(2)19-23-11(15)3/h4-7H,8H2,1-3H3,(H,18,20). The number of sulfonamides is 1. The maximum atomic E-state index is 12.6. The maximum Gasteiger partial charge on any atom is 0.269 e. The van der Waals surface area contributed by atoms with Crippen molar-refractivity contribution in [1.29, 1.82) is 0 Å². The third kappa shape index (κ3) is 3.86. The van der Waals surface area contributed by atoms with Gasteiger partial charge in [-0.1, -0.05) is 28.9 Å². The molecule has 25 heavy (non-hydrogen) atoms. The van der Waals surface area contributed by atoms with Gasteiger partial charge in [0.2, 0.25) is 0 Å². The van der Waals surface area contributed by atoms with E-state index in [1.807, 2.05) is 31.2 Å². The lowest BCUT2D eigenvalue weighted by Gasteiger charge is -2.03. The van der Waals surface area contributed by atoms with Crippen molar-refractivity contribution in [1.82, 2.24) is 10.1 Å². The van der Waals surface area contributed by atoms with E-state index in [4.69, 9.17) is 16.1 Å². The minimum atomic E-state index is -3.79. The Hall–Kier alpha value is -1.90. The molecule has 0 bridgehead atoms. The molecule has 0 aliphatic heterocycles. The molecule has 0 unspecified atom stereocenters. The molecule has 2 aromatic heterocycles. The summed E-state index contributed by atoms with van der Waals surface area (Å²) in [5.41, 5.74) is 2.19. The van der Waals surface area contributed by atoms with Crippen LogP contribution in [0.15, 0.2) is 33.7 Å². The van der Waals surface area contributed by atoms with Crippen molar-refractivity contribution < 1.29 is 12.9 Å². The van der Waals surface area contributed by atoms with E-state index in [1.165, 1.54) is 11.3 Å². The van der Waals surface area contributed by atoms with E-state index in [2.05, 4.69) is 14.9 Å². The highest BCUT2D eigenvalue weighted by molar-refractivity contribution is 7.93. The van der Waals surface area contributed by atoms with Crippen molar-refractivity contribution >= 4 is 38.1 Å². The minimum Gasteiger partial charge on any atom is -0.360 e. The zero-order valence-corrected chi connectivity index (χ0v) is 16.2. The Bertz CT molecular complexity index is 988. The number of hydrogen-bond acceptors (Lipinski definition) is 6. The highest BCUT2D eigenvalue weighted by Crippen LogP contribution is 2.29. The average molecular weight is 398 g/mol. The largest absolute Gasteiger partial charge is 0.360 e. The molecule has 0 aliphatic rings. The molecule has 9 heteroatoms. The number of rotatable bonds is 5. The normalized spacial score (nSPS) is 11.7. The molecule has 0 radical (unpaired) electrons. The molecule has 1 aromatic carbocycles. The molecule has 0 spiro atoms. The van der Waals surface area contributed by atoms with Crippen LogP contribution < -0.4 is 4.72 Å². The third-order valence-electron chi connectivity index (χ3n) is 3.63. The molecular weight excluding hydrogens is 382 g/mol. The molecule has 0 fully saturated rings. The number of thiazole rings is 1. The number of nitrogens with one attached hydrogen (secondary N) is 1. The van der Waals surface area contributed by atoms with Gasteiger partial charge in [-0.3, -0.25) is 4.72 Å². The fraction of sp³-hybridized carbons (Fsp3) is 0.250. The lowest BCUT2D eigenvalue weighted by atomic mass is 10.1. The van der Waals surface area contributed by atoms with Gasteiger partial charge >= 0.3 is 0 Å². The second-order valence-electron chi connectivity index (χ2n) is 5.59. The summed E-state index contributed by atoms with van der Waals surface area (Å²) in [6.45, 7) is 5.01. The highest BCUT2D eigenvalue weighted by atomic mass is 35.5. The highest BCUT2D eigenvalue weighted by Gasteiger charge is 2.25. The molecule has 6 nitrogen and oxygen atoms in total. The van der Waals surface area contributed by atoms with Gasteiger partial charge in [-0.15, -0.1) is 11.3 Å². The topological polar surface area (TPSA) is 85.1 Å². The van der Waals surface area contributed by atoms with Crippen LogP contribution in [0.3, 0.4) is 0 Å². The van der Waals surface area contributed by atoms with Crippen LogP contribution in [-0.2, 0) is 16.4 Å². The molecule has 0 aliphatic carbocycles. The van der Waals surface area contributed by atoms with E-state index in [0.29, 0.717) is 22.3 Å². The van der Waals surface area contributed by atoms with Crippen molar-refractivity contribution in [2.24, 2.45) is 0 Å². The first kappa shape index (κ1) is 17.9. The first-order chi connectivity index (χ1) is 11.8. The van der Waals surface area contributed by atoms with E-state index in [-0.39, 0.29) is 10.7 Å².